The van der Waals surface area contributed by atoms with Gasteiger partial charge in [-0.2, -0.15) is 0 Å². The second kappa shape index (κ2) is 7.84. The van der Waals surface area contributed by atoms with E-state index in [1.165, 1.54) is 0 Å². The van der Waals surface area contributed by atoms with Gasteiger partial charge in [-0.05, 0) is 43.7 Å². The van der Waals surface area contributed by atoms with Crippen molar-refractivity contribution in [3.63, 3.8) is 0 Å². The van der Waals surface area contributed by atoms with Crippen molar-refractivity contribution in [2.24, 2.45) is 15.7 Å². The molecule has 1 heterocycles. The lowest BCUT2D eigenvalue weighted by molar-refractivity contribution is 1.25. The van der Waals surface area contributed by atoms with E-state index >= 15 is 0 Å². The Morgan fingerprint density at radius 3 is 2.55 bits per heavy atom. The molecule has 0 aliphatic carbocycles. The molecule has 4 nitrogen and oxygen atoms in total. The van der Waals surface area contributed by atoms with Crippen molar-refractivity contribution < 1.29 is 0 Å². The quantitative estimate of drug-likeness (QED) is 0.518. The second-order valence-corrected chi connectivity index (χ2v) is 4.25. The summed E-state index contributed by atoms with van der Waals surface area (Å²) in [6, 6.07) is 5.64. The van der Waals surface area contributed by atoms with Crippen LogP contribution in [-0.4, -0.2) is 23.6 Å². The van der Waals surface area contributed by atoms with Gasteiger partial charge in [0.25, 0.3) is 0 Å². The van der Waals surface area contributed by atoms with Crippen LogP contribution in [0.25, 0.3) is 0 Å². The number of allylic oxidation sites excluding steroid dienone is 5. The van der Waals surface area contributed by atoms with Crippen LogP contribution in [0.3, 0.4) is 0 Å². The summed E-state index contributed by atoms with van der Waals surface area (Å²) in [7, 11) is 1.70. The summed E-state index contributed by atoms with van der Waals surface area (Å²) in [5, 5.41) is 0. The van der Waals surface area contributed by atoms with Crippen molar-refractivity contribution in [3.8, 4) is 0 Å². The van der Waals surface area contributed by atoms with Crippen molar-refractivity contribution in [1.29, 1.82) is 0 Å². The highest BCUT2D eigenvalue weighted by Crippen LogP contribution is 2.04. The number of aromatic nitrogens is 1. The zero-order valence-corrected chi connectivity index (χ0v) is 12.2. The Kier molecular flexibility index (Phi) is 6.10. The largest absolute Gasteiger partial charge is 0.402 e. The fourth-order valence-electron chi connectivity index (χ4n) is 1.58. The first-order valence-electron chi connectivity index (χ1n) is 6.28. The maximum absolute atomic E-state index is 5.66. The number of pyridine rings is 1. The van der Waals surface area contributed by atoms with E-state index in [0.29, 0.717) is 5.84 Å². The smallest absolute Gasteiger partial charge is 0.173 e. The van der Waals surface area contributed by atoms with Gasteiger partial charge in [0.05, 0.1) is 0 Å². The maximum atomic E-state index is 5.66. The molecule has 0 aliphatic heterocycles. The van der Waals surface area contributed by atoms with Gasteiger partial charge in [-0.15, -0.1) is 0 Å². The topological polar surface area (TPSA) is 63.6 Å². The molecule has 1 aromatic rings. The zero-order valence-electron chi connectivity index (χ0n) is 12.2. The Morgan fingerprint density at radius 1 is 1.30 bits per heavy atom. The van der Waals surface area contributed by atoms with Gasteiger partial charge in [0.2, 0.25) is 0 Å². The molecule has 1 rings (SSSR count). The van der Waals surface area contributed by atoms with Crippen LogP contribution in [0.1, 0.15) is 19.5 Å². The lowest BCUT2D eigenvalue weighted by Gasteiger charge is -2.01. The normalized spacial score (nSPS) is 14.3. The van der Waals surface area contributed by atoms with Gasteiger partial charge in [-0.1, -0.05) is 18.7 Å². The molecular formula is C16H20N4. The molecule has 2 N–H and O–H groups in total. The molecule has 20 heavy (non-hydrogen) atoms. The number of hydrogen-bond acceptors (Lipinski definition) is 3. The van der Waals surface area contributed by atoms with Crippen molar-refractivity contribution in [1.82, 2.24) is 4.98 Å². The van der Waals surface area contributed by atoms with E-state index in [2.05, 4.69) is 21.5 Å². The molecule has 0 atom stereocenters. The Hall–Kier alpha value is -2.49. The molecule has 0 aromatic carbocycles. The number of aliphatic imine (C=N–C) groups is 2. The molecule has 0 amide bonds. The van der Waals surface area contributed by atoms with E-state index in [1.807, 2.05) is 44.2 Å². The van der Waals surface area contributed by atoms with Crippen LogP contribution in [0.2, 0.25) is 0 Å². The third-order valence-electron chi connectivity index (χ3n) is 2.39. The summed E-state index contributed by atoms with van der Waals surface area (Å²) >= 11 is 0. The predicted octanol–water partition coefficient (Wildman–Crippen LogP) is 2.89. The van der Waals surface area contributed by atoms with Gasteiger partial charge in [0.15, 0.2) is 5.84 Å². The van der Waals surface area contributed by atoms with E-state index in [1.54, 1.807) is 19.3 Å². The van der Waals surface area contributed by atoms with Crippen molar-refractivity contribution in [2.45, 2.75) is 13.8 Å². The van der Waals surface area contributed by atoms with Gasteiger partial charge in [-0.3, -0.25) is 9.98 Å². The molecule has 0 aliphatic rings. The lowest BCUT2D eigenvalue weighted by Crippen LogP contribution is -2.03. The van der Waals surface area contributed by atoms with Gasteiger partial charge in [-0.25, -0.2) is 4.99 Å². The monoisotopic (exact) mass is 268 g/mol. The Morgan fingerprint density at radius 2 is 2.05 bits per heavy atom. The number of rotatable bonds is 4. The van der Waals surface area contributed by atoms with E-state index in [4.69, 9.17) is 5.73 Å². The average Bonchev–Trinajstić information content (AvgIpc) is 2.44. The van der Waals surface area contributed by atoms with Crippen molar-refractivity contribution in [2.75, 3.05) is 7.05 Å². The molecule has 4 heteroatoms. The number of hydrogen-bond donors (Lipinski definition) is 1. The van der Waals surface area contributed by atoms with E-state index in [9.17, 15) is 0 Å². The molecule has 0 saturated heterocycles. The third kappa shape index (κ3) is 5.02. The predicted molar refractivity (Wildman–Crippen MR) is 86.0 cm³/mol. The molecule has 0 spiro atoms. The molecular weight excluding hydrogens is 248 g/mol. The van der Waals surface area contributed by atoms with Gasteiger partial charge in [0, 0.05) is 24.7 Å². The first-order chi connectivity index (χ1) is 9.56. The molecule has 0 saturated carbocycles. The first kappa shape index (κ1) is 15.6. The second-order valence-electron chi connectivity index (χ2n) is 4.25. The van der Waals surface area contributed by atoms with Crippen LogP contribution < -0.4 is 5.73 Å². The molecule has 1 aromatic heterocycles. The van der Waals surface area contributed by atoms with Crippen molar-refractivity contribution in [3.05, 3.63) is 66.2 Å². The number of nitrogens with zero attached hydrogens (tertiary/aromatic N) is 3. The summed E-state index contributed by atoms with van der Waals surface area (Å²) < 4.78 is 0. The van der Waals surface area contributed by atoms with Crippen LogP contribution in [0, 0.1) is 0 Å². The van der Waals surface area contributed by atoms with Gasteiger partial charge < -0.3 is 5.73 Å². The van der Waals surface area contributed by atoms with Gasteiger partial charge >= 0.3 is 0 Å². The number of amidine groups is 1. The van der Waals surface area contributed by atoms with E-state index in [-0.39, 0.29) is 0 Å². The highest BCUT2D eigenvalue weighted by Gasteiger charge is 2.01. The number of nitrogens with two attached hydrogens (primary N) is 1. The van der Waals surface area contributed by atoms with Crippen LogP contribution in [0.15, 0.2) is 70.5 Å². The summed E-state index contributed by atoms with van der Waals surface area (Å²) in [6.07, 6.45) is 7.20. The molecule has 104 valence electrons. The minimum Gasteiger partial charge on any atom is -0.402 e. The Bertz CT molecular complexity index is 574. The summed E-state index contributed by atoms with van der Waals surface area (Å²) in [6.45, 7) is 7.49. The van der Waals surface area contributed by atoms with Crippen molar-refractivity contribution >= 4 is 11.5 Å². The lowest BCUT2D eigenvalue weighted by atomic mass is 10.2. The van der Waals surface area contributed by atoms with Crippen LogP contribution >= 0.6 is 0 Å². The summed E-state index contributed by atoms with van der Waals surface area (Å²) in [5.74, 6) is 0.594. The van der Waals surface area contributed by atoms with E-state index < -0.39 is 0 Å². The highest BCUT2D eigenvalue weighted by molar-refractivity contribution is 6.08. The highest BCUT2D eigenvalue weighted by atomic mass is 14.9. The van der Waals surface area contributed by atoms with Crippen LogP contribution in [0.5, 0.6) is 0 Å². The summed E-state index contributed by atoms with van der Waals surface area (Å²) in [4.78, 5) is 12.9. The molecule has 0 unspecified atom stereocenters. The zero-order chi connectivity index (χ0) is 15.0. The SMILES string of the molecule is C=CC(=C/C(C)=NC(=NC)c1ccccn1)/C=C(\C)N. The Labute approximate surface area is 120 Å². The fourth-order valence-corrected chi connectivity index (χ4v) is 1.58. The minimum atomic E-state index is 0.594. The summed E-state index contributed by atoms with van der Waals surface area (Å²) in [5.41, 5.74) is 8.84. The average molecular weight is 268 g/mol. The third-order valence-corrected chi connectivity index (χ3v) is 2.39. The van der Waals surface area contributed by atoms with Crippen LogP contribution in [0.4, 0.5) is 0 Å². The van der Waals surface area contributed by atoms with Crippen LogP contribution in [-0.2, 0) is 0 Å². The molecule has 0 bridgehead atoms. The van der Waals surface area contributed by atoms with E-state index in [0.717, 1.165) is 22.7 Å². The fraction of sp³-hybridized carbons (Fsp3) is 0.188. The molecule has 0 fully saturated rings. The standard InChI is InChI=1S/C16H20N4/c1-5-14(10-12(2)17)11-13(3)20-16(18-4)15-8-6-7-9-19-15/h5-11H,1,17H2,2-4H3/b12-10+,14-11-,18-16?,20-13?. The Balaban J connectivity index is 3.06. The minimum absolute atomic E-state index is 0.594. The molecule has 0 radical (unpaired) electrons. The first-order valence-corrected chi connectivity index (χ1v) is 6.28. The maximum Gasteiger partial charge on any atom is 0.173 e. The van der Waals surface area contributed by atoms with Gasteiger partial charge in [0.1, 0.15) is 5.69 Å².